The third kappa shape index (κ3) is 6.57. The zero-order valence-electron chi connectivity index (χ0n) is 10.7. The van der Waals surface area contributed by atoms with Crippen LogP contribution >= 0.6 is 0 Å². The SMILES string of the molecule is CCO[Si](OCC)(OCC)OCCCCN. The lowest BCUT2D eigenvalue weighted by atomic mass is 10.3. The molecule has 0 fully saturated rings. The van der Waals surface area contributed by atoms with E-state index in [0.29, 0.717) is 33.0 Å². The van der Waals surface area contributed by atoms with E-state index in [1.165, 1.54) is 0 Å². The molecule has 6 heteroatoms. The summed E-state index contributed by atoms with van der Waals surface area (Å²) in [5.41, 5.74) is 5.42. The topological polar surface area (TPSA) is 62.9 Å². The van der Waals surface area contributed by atoms with Crippen molar-refractivity contribution in [2.45, 2.75) is 33.6 Å². The first-order valence-corrected chi connectivity index (χ1v) is 7.63. The minimum Gasteiger partial charge on any atom is -0.351 e. The van der Waals surface area contributed by atoms with Gasteiger partial charge in [-0.05, 0) is 40.2 Å². The average molecular weight is 251 g/mol. The highest BCUT2D eigenvalue weighted by Gasteiger charge is 2.44. The Balaban J connectivity index is 4.12. The summed E-state index contributed by atoms with van der Waals surface area (Å²) < 4.78 is 22.3. The van der Waals surface area contributed by atoms with Crippen LogP contribution in [0.1, 0.15) is 33.6 Å². The van der Waals surface area contributed by atoms with Gasteiger partial charge in [0.2, 0.25) is 0 Å². The normalized spacial score (nSPS) is 12.0. The van der Waals surface area contributed by atoms with Crippen molar-refractivity contribution < 1.29 is 17.7 Å². The molecule has 0 aromatic carbocycles. The Bertz CT molecular complexity index is 143. The van der Waals surface area contributed by atoms with Crippen LogP contribution in [0.15, 0.2) is 0 Å². The molecule has 0 saturated carbocycles. The second-order valence-electron chi connectivity index (χ2n) is 3.14. The second kappa shape index (κ2) is 10.2. The van der Waals surface area contributed by atoms with Crippen LogP contribution in [-0.2, 0) is 17.7 Å². The Hall–Kier alpha value is 0.0169. The van der Waals surface area contributed by atoms with Crippen molar-refractivity contribution in [1.82, 2.24) is 0 Å². The van der Waals surface area contributed by atoms with E-state index in [1.54, 1.807) is 0 Å². The highest BCUT2D eigenvalue weighted by molar-refractivity contribution is 6.53. The first-order valence-electron chi connectivity index (χ1n) is 6.00. The molecule has 0 unspecified atom stereocenters. The molecule has 0 amide bonds. The Labute approximate surface area is 99.7 Å². The predicted octanol–water partition coefficient (Wildman–Crippen LogP) is 1.29. The van der Waals surface area contributed by atoms with Crippen LogP contribution < -0.4 is 5.73 Å². The first-order chi connectivity index (χ1) is 7.74. The molecule has 0 aliphatic heterocycles. The van der Waals surface area contributed by atoms with Gasteiger partial charge in [-0.15, -0.1) is 0 Å². The first kappa shape index (κ1) is 16.0. The molecular formula is C10H25NO4Si. The summed E-state index contributed by atoms with van der Waals surface area (Å²) in [6.45, 7) is 8.56. The molecule has 0 bridgehead atoms. The minimum absolute atomic E-state index is 0.531. The van der Waals surface area contributed by atoms with Gasteiger partial charge < -0.3 is 23.4 Å². The standard InChI is InChI=1S/C10H25NO4Si/c1-4-12-16(13-5-2,14-6-3)15-10-8-7-9-11/h4-11H2,1-3H3. The van der Waals surface area contributed by atoms with Crippen molar-refractivity contribution in [3.8, 4) is 0 Å². The molecule has 2 N–H and O–H groups in total. The quantitative estimate of drug-likeness (QED) is 0.443. The Kier molecular flexibility index (Phi) is 10.2. The van der Waals surface area contributed by atoms with Gasteiger partial charge in [0, 0.05) is 26.4 Å². The lowest BCUT2D eigenvalue weighted by Gasteiger charge is -2.26. The van der Waals surface area contributed by atoms with Crippen LogP contribution in [0.3, 0.4) is 0 Å². The molecule has 0 aliphatic carbocycles. The maximum Gasteiger partial charge on any atom is 0.679 e. The van der Waals surface area contributed by atoms with Gasteiger partial charge in [-0.1, -0.05) is 0 Å². The van der Waals surface area contributed by atoms with Crippen LogP contribution in [-0.4, -0.2) is 42.0 Å². The van der Waals surface area contributed by atoms with Gasteiger partial charge >= 0.3 is 9.05 Å². The van der Waals surface area contributed by atoms with Crippen LogP contribution in [0, 0.1) is 0 Å². The maximum atomic E-state index is 5.67. The second-order valence-corrected chi connectivity index (χ2v) is 5.30. The van der Waals surface area contributed by atoms with E-state index in [1.807, 2.05) is 20.8 Å². The minimum atomic E-state index is -2.89. The molecule has 0 heterocycles. The summed E-state index contributed by atoms with van der Waals surface area (Å²) >= 11 is 0. The van der Waals surface area contributed by atoms with E-state index < -0.39 is 9.05 Å². The fourth-order valence-corrected chi connectivity index (χ4v) is 3.18. The highest BCUT2D eigenvalue weighted by atomic mass is 28.4. The van der Waals surface area contributed by atoms with Gasteiger partial charge in [0.1, 0.15) is 0 Å². The van der Waals surface area contributed by atoms with Crippen LogP contribution in [0.4, 0.5) is 0 Å². The molecule has 0 spiro atoms. The van der Waals surface area contributed by atoms with Crippen molar-refractivity contribution in [3.05, 3.63) is 0 Å². The van der Waals surface area contributed by atoms with E-state index in [4.69, 9.17) is 23.4 Å². The lowest BCUT2D eigenvalue weighted by Crippen LogP contribution is -2.49. The molecule has 5 nitrogen and oxygen atoms in total. The van der Waals surface area contributed by atoms with Gasteiger partial charge in [-0.3, -0.25) is 0 Å². The van der Waals surface area contributed by atoms with E-state index in [-0.39, 0.29) is 0 Å². The lowest BCUT2D eigenvalue weighted by molar-refractivity contribution is -0.0279. The molecular weight excluding hydrogens is 226 g/mol. The van der Waals surface area contributed by atoms with Crippen molar-refractivity contribution >= 4 is 9.05 Å². The number of rotatable bonds is 11. The summed E-state index contributed by atoms with van der Waals surface area (Å²) in [7, 11) is -2.89. The fourth-order valence-electron chi connectivity index (χ4n) is 1.22. The maximum absolute atomic E-state index is 5.67. The van der Waals surface area contributed by atoms with E-state index >= 15 is 0 Å². The van der Waals surface area contributed by atoms with Gasteiger partial charge in [-0.2, -0.15) is 0 Å². The van der Waals surface area contributed by atoms with Crippen molar-refractivity contribution in [3.63, 3.8) is 0 Å². The third-order valence-electron chi connectivity index (χ3n) is 1.84. The largest absolute Gasteiger partial charge is 0.679 e. The van der Waals surface area contributed by atoms with E-state index in [0.717, 1.165) is 12.8 Å². The average Bonchev–Trinajstić information content (AvgIpc) is 2.26. The van der Waals surface area contributed by atoms with Crippen molar-refractivity contribution in [2.24, 2.45) is 5.73 Å². The number of hydrogen-bond donors (Lipinski definition) is 1. The Morgan fingerprint density at radius 2 is 1.31 bits per heavy atom. The highest BCUT2D eigenvalue weighted by Crippen LogP contribution is 2.12. The van der Waals surface area contributed by atoms with Crippen LogP contribution in [0.5, 0.6) is 0 Å². The molecule has 98 valence electrons. The zero-order chi connectivity index (χ0) is 12.3. The van der Waals surface area contributed by atoms with Crippen molar-refractivity contribution in [2.75, 3.05) is 33.0 Å². The number of unbranched alkanes of at least 4 members (excludes halogenated alkanes) is 1. The van der Waals surface area contributed by atoms with E-state index in [2.05, 4.69) is 0 Å². The van der Waals surface area contributed by atoms with Crippen LogP contribution in [0.2, 0.25) is 0 Å². The molecule has 0 aromatic heterocycles. The molecule has 0 atom stereocenters. The van der Waals surface area contributed by atoms with Gasteiger partial charge in [0.15, 0.2) is 0 Å². The number of hydrogen-bond acceptors (Lipinski definition) is 5. The summed E-state index contributed by atoms with van der Waals surface area (Å²) in [6.07, 6.45) is 1.84. The molecule has 0 aliphatic rings. The monoisotopic (exact) mass is 251 g/mol. The van der Waals surface area contributed by atoms with Gasteiger partial charge in [-0.25, -0.2) is 0 Å². The molecule has 16 heavy (non-hydrogen) atoms. The summed E-state index contributed by atoms with van der Waals surface area (Å²) in [5, 5.41) is 0. The van der Waals surface area contributed by atoms with Gasteiger partial charge in [0.05, 0.1) is 0 Å². The molecule has 0 saturated heterocycles. The van der Waals surface area contributed by atoms with Crippen molar-refractivity contribution in [1.29, 1.82) is 0 Å². The molecule has 0 radical (unpaired) electrons. The smallest absolute Gasteiger partial charge is 0.351 e. The van der Waals surface area contributed by atoms with Crippen LogP contribution in [0.25, 0.3) is 0 Å². The molecule has 0 aromatic rings. The van der Waals surface area contributed by atoms with E-state index in [9.17, 15) is 0 Å². The third-order valence-corrected chi connectivity index (χ3v) is 4.33. The summed E-state index contributed by atoms with van der Waals surface area (Å²) in [5.74, 6) is 0. The predicted molar refractivity (Wildman–Crippen MR) is 64.9 cm³/mol. The molecule has 0 rings (SSSR count). The summed E-state index contributed by atoms with van der Waals surface area (Å²) in [6, 6.07) is 0. The Morgan fingerprint density at radius 3 is 1.69 bits per heavy atom. The van der Waals surface area contributed by atoms with Gasteiger partial charge in [0.25, 0.3) is 0 Å². The fraction of sp³-hybridized carbons (Fsp3) is 1.00. The summed E-state index contributed by atoms with van der Waals surface area (Å²) in [4.78, 5) is 0. The number of nitrogens with two attached hydrogens (primary N) is 1. The zero-order valence-corrected chi connectivity index (χ0v) is 11.7. The Morgan fingerprint density at radius 1 is 0.812 bits per heavy atom.